The molecule has 0 heterocycles. The summed E-state index contributed by atoms with van der Waals surface area (Å²) < 4.78 is 0. The summed E-state index contributed by atoms with van der Waals surface area (Å²) in [6, 6.07) is 0. The van der Waals surface area contributed by atoms with Gasteiger partial charge in [0.1, 0.15) is 0 Å². The van der Waals surface area contributed by atoms with E-state index >= 15 is 0 Å². The standard InChI is InChI=1S/C18H26/c1-3-5-7-9-11-13-15-17-18-16-14-12-10-8-6-4-2/h3,5-8,11-14,17-18H,1,4,9-10,15-16H2,2H3/b7-5+,8-6+,13-11+,14-12+,18-17+. The SMILES string of the molecule is C=C/C=C/C/C=C/C/C=C/C/C=C/C/C=C/CC. The first-order valence-electron chi connectivity index (χ1n) is 6.79. The van der Waals surface area contributed by atoms with Crippen LogP contribution in [0.5, 0.6) is 0 Å². The maximum atomic E-state index is 3.63. The minimum absolute atomic E-state index is 0.990. The molecule has 0 N–H and O–H groups in total. The maximum Gasteiger partial charge on any atom is -0.0166 e. The molecule has 0 aromatic heterocycles. The highest BCUT2D eigenvalue weighted by Gasteiger charge is 1.74. The molecule has 0 aliphatic rings. The highest BCUT2D eigenvalue weighted by Crippen LogP contribution is 1.95. The van der Waals surface area contributed by atoms with E-state index in [1.165, 1.54) is 0 Å². The molecule has 0 amide bonds. The van der Waals surface area contributed by atoms with Gasteiger partial charge in [-0.1, -0.05) is 80.3 Å². The van der Waals surface area contributed by atoms with Gasteiger partial charge in [-0.3, -0.25) is 0 Å². The molecule has 0 saturated carbocycles. The van der Waals surface area contributed by atoms with Gasteiger partial charge >= 0.3 is 0 Å². The number of hydrogen-bond acceptors (Lipinski definition) is 0. The van der Waals surface area contributed by atoms with Gasteiger partial charge in [0.2, 0.25) is 0 Å². The zero-order valence-electron chi connectivity index (χ0n) is 11.6. The molecule has 0 heteroatoms. The van der Waals surface area contributed by atoms with Crippen LogP contribution in [0.2, 0.25) is 0 Å². The van der Waals surface area contributed by atoms with Gasteiger partial charge in [-0.15, -0.1) is 0 Å². The summed E-state index contributed by atoms with van der Waals surface area (Å²) in [6.07, 6.45) is 28.7. The molecule has 0 unspecified atom stereocenters. The Morgan fingerprint density at radius 3 is 1.39 bits per heavy atom. The van der Waals surface area contributed by atoms with Crippen LogP contribution < -0.4 is 0 Å². The van der Waals surface area contributed by atoms with Crippen LogP contribution in [0.15, 0.2) is 73.4 Å². The lowest BCUT2D eigenvalue weighted by Crippen LogP contribution is -1.63. The van der Waals surface area contributed by atoms with Crippen molar-refractivity contribution < 1.29 is 0 Å². The van der Waals surface area contributed by atoms with Gasteiger partial charge in [-0.25, -0.2) is 0 Å². The quantitative estimate of drug-likeness (QED) is 0.329. The van der Waals surface area contributed by atoms with E-state index in [1.54, 1.807) is 6.08 Å². The second-order valence-electron chi connectivity index (χ2n) is 3.90. The smallest absolute Gasteiger partial charge is 0.0166 e. The molecular weight excluding hydrogens is 216 g/mol. The zero-order chi connectivity index (χ0) is 13.3. The van der Waals surface area contributed by atoms with Crippen molar-refractivity contribution in [2.75, 3.05) is 0 Å². The molecule has 0 rings (SSSR count). The lowest BCUT2D eigenvalue weighted by atomic mass is 10.2. The molecule has 0 nitrogen and oxygen atoms in total. The van der Waals surface area contributed by atoms with Gasteiger partial charge < -0.3 is 0 Å². The average molecular weight is 242 g/mol. The van der Waals surface area contributed by atoms with Crippen molar-refractivity contribution in [3.05, 3.63) is 73.4 Å². The van der Waals surface area contributed by atoms with Crippen LogP contribution in [-0.2, 0) is 0 Å². The van der Waals surface area contributed by atoms with Gasteiger partial charge in [-0.2, -0.15) is 0 Å². The largest absolute Gasteiger partial charge is 0.0991 e. The second kappa shape index (κ2) is 15.4. The van der Waals surface area contributed by atoms with E-state index in [9.17, 15) is 0 Å². The first kappa shape index (κ1) is 16.4. The Hall–Kier alpha value is -1.56. The summed E-state index contributed by atoms with van der Waals surface area (Å²) in [4.78, 5) is 0. The Labute approximate surface area is 113 Å². The van der Waals surface area contributed by atoms with Crippen LogP contribution in [0, 0.1) is 0 Å². The van der Waals surface area contributed by atoms with Gasteiger partial charge in [0.25, 0.3) is 0 Å². The molecule has 0 radical (unpaired) electrons. The monoisotopic (exact) mass is 242 g/mol. The van der Waals surface area contributed by atoms with E-state index in [0.29, 0.717) is 0 Å². The van der Waals surface area contributed by atoms with Crippen molar-refractivity contribution in [3.63, 3.8) is 0 Å². The fraction of sp³-hybridized carbons (Fsp3) is 0.333. The summed E-state index contributed by atoms with van der Waals surface area (Å²) in [7, 11) is 0. The summed E-state index contributed by atoms with van der Waals surface area (Å²) in [6.45, 7) is 5.78. The molecule has 0 fully saturated rings. The summed E-state index contributed by atoms with van der Waals surface area (Å²) in [5.41, 5.74) is 0. The molecule has 0 aromatic rings. The number of rotatable bonds is 10. The normalized spacial score (nSPS) is 12.9. The molecule has 18 heavy (non-hydrogen) atoms. The van der Waals surface area contributed by atoms with Gasteiger partial charge in [0, 0.05) is 0 Å². The minimum atomic E-state index is 0.990. The Balaban J connectivity index is 3.45. The topological polar surface area (TPSA) is 0 Å². The van der Waals surface area contributed by atoms with Gasteiger partial charge in [0.15, 0.2) is 0 Å². The molecule has 0 atom stereocenters. The van der Waals surface area contributed by atoms with Crippen LogP contribution in [0.3, 0.4) is 0 Å². The predicted molar refractivity (Wildman–Crippen MR) is 84.7 cm³/mol. The van der Waals surface area contributed by atoms with Gasteiger partial charge in [-0.05, 0) is 32.1 Å². The molecule has 0 spiro atoms. The third kappa shape index (κ3) is 14.4. The Morgan fingerprint density at radius 2 is 1.00 bits per heavy atom. The third-order valence-corrected chi connectivity index (χ3v) is 2.26. The lowest BCUT2D eigenvalue weighted by molar-refractivity contribution is 1.19. The van der Waals surface area contributed by atoms with Crippen LogP contribution in [0.4, 0.5) is 0 Å². The van der Waals surface area contributed by atoms with Crippen LogP contribution in [-0.4, -0.2) is 0 Å². The number of allylic oxidation sites excluding steroid dienone is 11. The van der Waals surface area contributed by atoms with Crippen LogP contribution in [0.25, 0.3) is 0 Å². The fourth-order valence-corrected chi connectivity index (χ4v) is 1.33. The highest BCUT2D eigenvalue weighted by molar-refractivity contribution is 5.03. The second-order valence-corrected chi connectivity index (χ2v) is 3.90. The van der Waals surface area contributed by atoms with Crippen molar-refractivity contribution in [1.82, 2.24) is 0 Å². The molecule has 0 aliphatic heterocycles. The van der Waals surface area contributed by atoms with E-state index < -0.39 is 0 Å². The summed E-state index contributed by atoms with van der Waals surface area (Å²) in [5.74, 6) is 0. The van der Waals surface area contributed by atoms with Crippen molar-refractivity contribution in [3.8, 4) is 0 Å². The summed E-state index contributed by atoms with van der Waals surface area (Å²) >= 11 is 0. The fourth-order valence-electron chi connectivity index (χ4n) is 1.33. The molecule has 0 aromatic carbocycles. The van der Waals surface area contributed by atoms with E-state index in [2.05, 4.69) is 68.2 Å². The van der Waals surface area contributed by atoms with E-state index in [4.69, 9.17) is 0 Å². The molecule has 0 bridgehead atoms. The van der Waals surface area contributed by atoms with Crippen molar-refractivity contribution >= 4 is 0 Å². The zero-order valence-corrected chi connectivity index (χ0v) is 11.6. The molecular formula is C18H26. The first-order chi connectivity index (χ1) is 8.91. The maximum absolute atomic E-state index is 3.63. The third-order valence-electron chi connectivity index (χ3n) is 2.26. The van der Waals surface area contributed by atoms with Crippen LogP contribution >= 0.6 is 0 Å². The molecule has 0 saturated heterocycles. The van der Waals surface area contributed by atoms with Crippen molar-refractivity contribution in [1.29, 1.82) is 0 Å². The Bertz CT molecular complexity index is 311. The Kier molecular flexibility index (Phi) is 14.1. The van der Waals surface area contributed by atoms with E-state index in [-0.39, 0.29) is 0 Å². The summed E-state index contributed by atoms with van der Waals surface area (Å²) in [5, 5.41) is 0. The predicted octanol–water partition coefficient (Wildman–Crippen LogP) is 5.92. The molecule has 98 valence electrons. The highest BCUT2D eigenvalue weighted by atomic mass is 13.8. The first-order valence-corrected chi connectivity index (χ1v) is 6.79. The van der Waals surface area contributed by atoms with Crippen LogP contribution in [0.1, 0.15) is 39.0 Å². The van der Waals surface area contributed by atoms with Crippen molar-refractivity contribution in [2.24, 2.45) is 0 Å². The lowest BCUT2D eigenvalue weighted by Gasteiger charge is -1.84. The van der Waals surface area contributed by atoms with E-state index in [0.717, 1.165) is 32.1 Å². The minimum Gasteiger partial charge on any atom is -0.0991 e. The average Bonchev–Trinajstić information content (AvgIpc) is 2.39. The Morgan fingerprint density at radius 1 is 0.611 bits per heavy atom. The van der Waals surface area contributed by atoms with E-state index in [1.807, 2.05) is 6.08 Å². The number of hydrogen-bond donors (Lipinski definition) is 0. The molecule has 0 aliphatic carbocycles. The van der Waals surface area contributed by atoms with Gasteiger partial charge in [0.05, 0.1) is 0 Å². The van der Waals surface area contributed by atoms with Crippen molar-refractivity contribution in [2.45, 2.75) is 39.0 Å².